The van der Waals surface area contributed by atoms with Crippen molar-refractivity contribution in [3.63, 3.8) is 0 Å². The number of methoxy groups -OCH3 is 3. The quantitative estimate of drug-likeness (QED) is 0.654. The first-order valence-corrected chi connectivity index (χ1v) is 8.42. The molecule has 1 saturated heterocycles. The molecular formula is C21H21NO5. The topological polar surface area (TPSA) is 73.9 Å². The van der Waals surface area contributed by atoms with Gasteiger partial charge in [0.05, 0.1) is 25.4 Å². The number of hydrogen-bond acceptors (Lipinski definition) is 5. The molecule has 1 aromatic rings. The van der Waals surface area contributed by atoms with Gasteiger partial charge >= 0.3 is 0 Å². The average Bonchev–Trinajstić information content (AvgIpc) is 2.94. The maximum Gasteiger partial charge on any atom is 0.259 e. The first kappa shape index (κ1) is 18.7. The fraction of sp³-hybridized carbons (Fsp3) is 0.238. The third-order valence-corrected chi connectivity index (χ3v) is 4.54. The van der Waals surface area contributed by atoms with Crippen molar-refractivity contribution in [3.8, 4) is 0 Å². The molecule has 0 spiro atoms. The minimum Gasteiger partial charge on any atom is -0.494 e. The van der Waals surface area contributed by atoms with Crippen LogP contribution in [0.3, 0.4) is 0 Å². The van der Waals surface area contributed by atoms with Crippen LogP contribution in [-0.2, 0) is 23.8 Å². The molecule has 1 unspecified atom stereocenters. The summed E-state index contributed by atoms with van der Waals surface area (Å²) in [5, 5.41) is 2.38. The maximum absolute atomic E-state index is 12.6. The van der Waals surface area contributed by atoms with Crippen molar-refractivity contribution in [2.45, 2.75) is 13.0 Å². The van der Waals surface area contributed by atoms with Gasteiger partial charge in [0.1, 0.15) is 6.10 Å². The second-order valence-corrected chi connectivity index (χ2v) is 6.12. The normalized spacial score (nSPS) is 24.2. The Balaban J connectivity index is 2.23. The van der Waals surface area contributed by atoms with Gasteiger partial charge in [-0.25, -0.2) is 0 Å². The van der Waals surface area contributed by atoms with E-state index < -0.39 is 17.9 Å². The highest BCUT2D eigenvalue weighted by atomic mass is 16.5. The molecule has 1 heterocycles. The van der Waals surface area contributed by atoms with Crippen LogP contribution in [0.4, 0.5) is 0 Å². The Morgan fingerprint density at radius 2 is 1.70 bits per heavy atom. The number of rotatable bonds is 4. The largest absolute Gasteiger partial charge is 0.494 e. The molecule has 2 aliphatic rings. The van der Waals surface area contributed by atoms with Gasteiger partial charge in [0.2, 0.25) is 0 Å². The van der Waals surface area contributed by atoms with Crippen LogP contribution < -0.4 is 5.32 Å². The van der Waals surface area contributed by atoms with Crippen LogP contribution in [-0.4, -0.2) is 39.2 Å². The summed E-state index contributed by atoms with van der Waals surface area (Å²) in [5.41, 5.74) is 2.75. The number of carbonyl (C=O) groups excluding carboxylic acids is 2. The summed E-state index contributed by atoms with van der Waals surface area (Å²) in [6.45, 7) is 1.84. The van der Waals surface area contributed by atoms with Gasteiger partial charge in [-0.05, 0) is 30.2 Å². The van der Waals surface area contributed by atoms with E-state index in [-0.39, 0.29) is 5.57 Å². The third-order valence-electron chi connectivity index (χ3n) is 4.54. The number of nitrogens with one attached hydrogen (secondary N) is 1. The molecule has 27 heavy (non-hydrogen) atoms. The van der Waals surface area contributed by atoms with E-state index in [0.29, 0.717) is 22.7 Å². The highest BCUT2D eigenvalue weighted by Gasteiger charge is 2.39. The van der Waals surface area contributed by atoms with Gasteiger partial charge in [0, 0.05) is 12.7 Å². The minimum atomic E-state index is -0.666. The smallest absolute Gasteiger partial charge is 0.259 e. The van der Waals surface area contributed by atoms with Crippen molar-refractivity contribution < 1.29 is 23.8 Å². The molecule has 1 aliphatic heterocycles. The molecule has 1 fully saturated rings. The summed E-state index contributed by atoms with van der Waals surface area (Å²) < 4.78 is 16.5. The highest BCUT2D eigenvalue weighted by molar-refractivity contribution is 6.27. The van der Waals surface area contributed by atoms with E-state index in [1.165, 1.54) is 21.3 Å². The molecule has 1 aliphatic carbocycles. The van der Waals surface area contributed by atoms with Crippen LogP contribution in [0.25, 0.3) is 6.08 Å². The first-order chi connectivity index (χ1) is 13.0. The second-order valence-electron chi connectivity index (χ2n) is 6.12. The predicted molar refractivity (Wildman–Crippen MR) is 100 cm³/mol. The van der Waals surface area contributed by atoms with Crippen LogP contribution in [0, 0.1) is 0 Å². The third kappa shape index (κ3) is 3.31. The lowest BCUT2D eigenvalue weighted by Gasteiger charge is -2.28. The zero-order chi connectivity index (χ0) is 19.6. The van der Waals surface area contributed by atoms with E-state index in [4.69, 9.17) is 14.2 Å². The summed E-state index contributed by atoms with van der Waals surface area (Å²) >= 11 is 0. The van der Waals surface area contributed by atoms with Crippen molar-refractivity contribution in [2.24, 2.45) is 0 Å². The van der Waals surface area contributed by atoms with E-state index in [2.05, 4.69) is 5.32 Å². The lowest BCUT2D eigenvalue weighted by Crippen LogP contribution is -2.27. The van der Waals surface area contributed by atoms with Gasteiger partial charge in [0.15, 0.2) is 11.5 Å². The molecule has 3 rings (SSSR count). The van der Waals surface area contributed by atoms with E-state index in [1.807, 2.05) is 37.3 Å². The number of amides is 2. The molecule has 6 nitrogen and oxygen atoms in total. The summed E-state index contributed by atoms with van der Waals surface area (Å²) in [5.74, 6) is 0.0709. The summed E-state index contributed by atoms with van der Waals surface area (Å²) in [6.07, 6.45) is 2.80. The Morgan fingerprint density at radius 3 is 2.30 bits per heavy atom. The lowest BCUT2D eigenvalue weighted by atomic mass is 9.87. The Kier molecular flexibility index (Phi) is 5.28. The Labute approximate surface area is 157 Å². The fourth-order valence-corrected chi connectivity index (χ4v) is 3.32. The molecule has 0 radical (unpaired) electrons. The van der Waals surface area contributed by atoms with Crippen molar-refractivity contribution in [1.29, 1.82) is 0 Å². The Morgan fingerprint density at radius 1 is 1.00 bits per heavy atom. The maximum atomic E-state index is 12.6. The van der Waals surface area contributed by atoms with Crippen molar-refractivity contribution in [3.05, 3.63) is 75.8 Å². The molecule has 0 aromatic heterocycles. The Hall–Kier alpha value is -3.12. The molecular weight excluding hydrogens is 346 g/mol. The monoisotopic (exact) mass is 367 g/mol. The minimum absolute atomic E-state index is 0.286. The van der Waals surface area contributed by atoms with E-state index in [0.717, 1.165) is 11.1 Å². The number of hydrogen-bond donors (Lipinski definition) is 1. The zero-order valence-corrected chi connectivity index (χ0v) is 15.7. The fourth-order valence-electron chi connectivity index (χ4n) is 3.32. The molecule has 1 aromatic carbocycles. The number of ether oxygens (including phenoxy) is 3. The summed E-state index contributed by atoms with van der Waals surface area (Å²) in [7, 11) is 4.57. The SMILES string of the molecule is COC1=C(OC)C(OC)C(=C2C(=O)NC(=O)C2=Cc2ccccc2)C(C)=C1. The predicted octanol–water partition coefficient (Wildman–Crippen LogP) is 2.50. The molecule has 1 atom stereocenters. The van der Waals surface area contributed by atoms with Gasteiger partial charge in [-0.2, -0.15) is 0 Å². The molecule has 1 N–H and O–H groups in total. The molecule has 140 valence electrons. The van der Waals surface area contributed by atoms with E-state index >= 15 is 0 Å². The molecule has 0 saturated carbocycles. The molecule has 6 heteroatoms. The van der Waals surface area contributed by atoms with E-state index in [1.54, 1.807) is 12.2 Å². The second kappa shape index (κ2) is 7.63. The number of benzene rings is 1. The molecule has 2 amide bonds. The van der Waals surface area contributed by atoms with Gasteiger partial charge < -0.3 is 14.2 Å². The van der Waals surface area contributed by atoms with Crippen molar-refractivity contribution in [1.82, 2.24) is 5.32 Å². The van der Waals surface area contributed by atoms with Gasteiger partial charge in [-0.15, -0.1) is 0 Å². The van der Waals surface area contributed by atoms with Gasteiger partial charge in [-0.3, -0.25) is 14.9 Å². The van der Waals surface area contributed by atoms with Crippen LogP contribution in [0.5, 0.6) is 0 Å². The van der Waals surface area contributed by atoms with Crippen LogP contribution >= 0.6 is 0 Å². The lowest BCUT2D eigenvalue weighted by molar-refractivity contribution is -0.123. The van der Waals surface area contributed by atoms with Crippen molar-refractivity contribution >= 4 is 17.9 Å². The average molecular weight is 367 g/mol. The summed E-state index contributed by atoms with van der Waals surface area (Å²) in [6, 6.07) is 9.36. The standard InChI is InChI=1S/C21H21NO5/c1-12-10-15(25-2)18(26-3)19(27-4)16(12)17-14(20(23)22-21(17)24)11-13-8-6-5-7-9-13/h5-11,19H,1-4H3,(H,22,23,24). The highest BCUT2D eigenvalue weighted by Crippen LogP contribution is 2.37. The van der Waals surface area contributed by atoms with Gasteiger partial charge in [0.25, 0.3) is 11.8 Å². The van der Waals surface area contributed by atoms with Crippen molar-refractivity contribution in [2.75, 3.05) is 21.3 Å². The number of allylic oxidation sites excluding steroid dienone is 1. The number of imide groups is 1. The molecule has 0 bridgehead atoms. The van der Waals surface area contributed by atoms with Gasteiger partial charge in [-0.1, -0.05) is 30.3 Å². The van der Waals surface area contributed by atoms with Crippen LogP contribution in [0.15, 0.2) is 70.2 Å². The Bertz CT molecular complexity index is 906. The van der Waals surface area contributed by atoms with Crippen LogP contribution in [0.1, 0.15) is 12.5 Å². The first-order valence-electron chi connectivity index (χ1n) is 8.42. The zero-order valence-electron chi connectivity index (χ0n) is 15.7. The number of carbonyl (C=O) groups is 2. The van der Waals surface area contributed by atoms with Crippen LogP contribution in [0.2, 0.25) is 0 Å². The van der Waals surface area contributed by atoms with E-state index in [9.17, 15) is 9.59 Å². The summed E-state index contributed by atoms with van der Waals surface area (Å²) in [4.78, 5) is 25.1.